The highest BCUT2D eigenvalue weighted by molar-refractivity contribution is 6.35. The number of aromatic nitrogens is 2. The Bertz CT molecular complexity index is 2080. The highest BCUT2D eigenvalue weighted by Gasteiger charge is 2.45. The van der Waals surface area contributed by atoms with Crippen molar-refractivity contribution in [2.45, 2.75) is 56.5 Å². The molecule has 2 aromatic carbocycles. The van der Waals surface area contributed by atoms with Crippen molar-refractivity contribution in [3.05, 3.63) is 87.5 Å². The summed E-state index contributed by atoms with van der Waals surface area (Å²) in [7, 11) is 0. The van der Waals surface area contributed by atoms with E-state index in [-0.39, 0.29) is 69.7 Å². The molecule has 2 amide bonds. The summed E-state index contributed by atoms with van der Waals surface area (Å²) in [6.45, 7) is 5.57. The molecular weight excluding hydrogens is 628 g/mol. The van der Waals surface area contributed by atoms with E-state index in [4.69, 9.17) is 11.6 Å². The second-order valence-corrected chi connectivity index (χ2v) is 13.2. The zero-order chi connectivity index (χ0) is 32.9. The molecule has 12 heteroatoms. The summed E-state index contributed by atoms with van der Waals surface area (Å²) < 4.78 is 34.0. The molecule has 47 heavy (non-hydrogen) atoms. The average Bonchev–Trinajstić information content (AvgIpc) is 3.96. The maximum Gasteiger partial charge on any atom is 0.281 e. The fourth-order valence-electron chi connectivity index (χ4n) is 7.26. The Morgan fingerprint density at radius 3 is 2.51 bits per heavy atom. The molecule has 1 saturated heterocycles. The summed E-state index contributed by atoms with van der Waals surface area (Å²) in [5, 5.41) is 13.5. The number of phenolic OH excluding ortho intramolecular Hbond substituents is 1. The van der Waals surface area contributed by atoms with Crippen LogP contribution in [0.2, 0.25) is 5.02 Å². The molecule has 3 fully saturated rings. The van der Waals surface area contributed by atoms with Gasteiger partial charge < -0.3 is 20.2 Å². The number of nitrogens with zero attached hydrogens (tertiary/aromatic N) is 4. The Hall–Kier alpha value is -4.77. The third-order valence-corrected chi connectivity index (χ3v) is 10.1. The number of halogens is 3. The Labute approximate surface area is 273 Å². The number of fused-ring (bicyclic) bond motifs is 5. The molecule has 2 aliphatic heterocycles. The molecule has 0 bridgehead atoms. The lowest BCUT2D eigenvalue weighted by Crippen LogP contribution is -2.64. The molecule has 2 aromatic heterocycles. The van der Waals surface area contributed by atoms with Gasteiger partial charge in [0.1, 0.15) is 23.3 Å². The summed E-state index contributed by atoms with van der Waals surface area (Å²) in [4.78, 5) is 49.1. The van der Waals surface area contributed by atoms with Gasteiger partial charge in [0.05, 0.1) is 39.7 Å². The first-order valence-electron chi connectivity index (χ1n) is 15.7. The molecule has 0 radical (unpaired) electrons. The van der Waals surface area contributed by atoms with Gasteiger partial charge in [0.25, 0.3) is 5.56 Å². The van der Waals surface area contributed by atoms with Crippen molar-refractivity contribution in [2.75, 3.05) is 23.3 Å². The molecule has 2 N–H and O–H groups in total. The van der Waals surface area contributed by atoms with Gasteiger partial charge in [-0.1, -0.05) is 24.2 Å². The van der Waals surface area contributed by atoms with E-state index in [1.54, 1.807) is 11.1 Å². The number of aromatic hydroxyl groups is 1. The first-order valence-corrected chi connectivity index (χ1v) is 16.1. The summed E-state index contributed by atoms with van der Waals surface area (Å²) in [5.41, 5.74) is 0.536. The van der Waals surface area contributed by atoms with Gasteiger partial charge in [-0.05, 0) is 74.4 Å². The van der Waals surface area contributed by atoms with E-state index in [0.29, 0.717) is 11.4 Å². The van der Waals surface area contributed by atoms with Crippen LogP contribution in [-0.4, -0.2) is 56.5 Å². The number of carbonyl (C=O) groups is 2. The number of rotatable bonds is 5. The molecular formula is C35H30ClF2N5O4. The van der Waals surface area contributed by atoms with Crippen molar-refractivity contribution in [1.29, 1.82) is 0 Å². The quantitative estimate of drug-likeness (QED) is 0.256. The summed E-state index contributed by atoms with van der Waals surface area (Å²) >= 11 is 6.78. The SMILES string of the molecule is C=CC(=O)N1C[C@@H]2C(=O)Nc3c(c4cc(Cl)c(-c5c(O)cccc5F)c(F)c4n(-c4c(C5CC5)ccnc4C4CC4)c3=O)N2C[C@H]1C. The second kappa shape index (κ2) is 10.6. The number of nitrogens with one attached hydrogen (secondary N) is 1. The van der Waals surface area contributed by atoms with Crippen LogP contribution in [-0.2, 0) is 9.59 Å². The number of carbonyl (C=O) groups excluding carboxylic acids is 2. The molecule has 4 aliphatic rings. The monoisotopic (exact) mass is 657 g/mol. The number of anilines is 2. The van der Waals surface area contributed by atoms with E-state index in [0.717, 1.165) is 37.3 Å². The van der Waals surface area contributed by atoms with Gasteiger partial charge in [0.2, 0.25) is 11.8 Å². The van der Waals surface area contributed by atoms with Crippen molar-refractivity contribution in [1.82, 2.24) is 14.5 Å². The van der Waals surface area contributed by atoms with Crippen LogP contribution in [0.3, 0.4) is 0 Å². The van der Waals surface area contributed by atoms with E-state index in [2.05, 4.69) is 16.9 Å². The Balaban J connectivity index is 1.49. The minimum Gasteiger partial charge on any atom is -0.507 e. The topological polar surface area (TPSA) is 108 Å². The number of hydrogen-bond donors (Lipinski definition) is 2. The van der Waals surface area contributed by atoms with Crippen LogP contribution in [0.4, 0.5) is 20.2 Å². The molecule has 2 atom stereocenters. The molecule has 240 valence electrons. The summed E-state index contributed by atoms with van der Waals surface area (Å²) in [6.07, 6.45) is 6.41. The third-order valence-electron chi connectivity index (χ3n) is 9.79. The summed E-state index contributed by atoms with van der Waals surface area (Å²) in [6, 6.07) is 5.66. The molecule has 2 saturated carbocycles. The lowest BCUT2D eigenvalue weighted by Gasteiger charge is -2.48. The van der Waals surface area contributed by atoms with Crippen LogP contribution in [0.25, 0.3) is 27.7 Å². The lowest BCUT2D eigenvalue weighted by molar-refractivity contribution is -0.130. The fraction of sp³-hybridized carbons (Fsp3) is 0.314. The van der Waals surface area contributed by atoms with Gasteiger partial charge in [-0.2, -0.15) is 0 Å². The highest BCUT2D eigenvalue weighted by atomic mass is 35.5. The van der Waals surface area contributed by atoms with Crippen molar-refractivity contribution in [3.63, 3.8) is 0 Å². The van der Waals surface area contributed by atoms with E-state index < -0.39 is 40.5 Å². The van der Waals surface area contributed by atoms with Crippen molar-refractivity contribution >= 4 is 45.7 Å². The first kappa shape index (κ1) is 29.6. The molecule has 0 unspecified atom stereocenters. The maximum atomic E-state index is 17.4. The zero-order valence-electron chi connectivity index (χ0n) is 25.4. The van der Waals surface area contributed by atoms with Gasteiger partial charge in [0.15, 0.2) is 5.82 Å². The maximum absolute atomic E-state index is 17.4. The first-order chi connectivity index (χ1) is 22.6. The number of piperazine rings is 1. The summed E-state index contributed by atoms with van der Waals surface area (Å²) in [5.74, 6) is -3.01. The predicted molar refractivity (Wildman–Crippen MR) is 174 cm³/mol. The minimum atomic E-state index is -0.998. The number of pyridine rings is 2. The van der Waals surface area contributed by atoms with Crippen LogP contribution in [0.15, 0.2) is 54.0 Å². The normalized spacial score (nSPS) is 20.6. The van der Waals surface area contributed by atoms with Crippen molar-refractivity contribution in [3.8, 4) is 22.6 Å². The third kappa shape index (κ3) is 4.46. The largest absolute Gasteiger partial charge is 0.507 e. The predicted octanol–water partition coefficient (Wildman–Crippen LogP) is 5.99. The minimum absolute atomic E-state index is 0.0134. The number of amides is 2. The van der Waals surface area contributed by atoms with Crippen LogP contribution in [0.5, 0.6) is 5.75 Å². The molecule has 8 rings (SSSR count). The van der Waals surface area contributed by atoms with E-state index in [9.17, 15) is 19.5 Å². The second-order valence-electron chi connectivity index (χ2n) is 12.8. The molecule has 4 aromatic rings. The lowest BCUT2D eigenvalue weighted by atomic mass is 9.95. The van der Waals surface area contributed by atoms with Gasteiger partial charge in [-0.15, -0.1) is 0 Å². The molecule has 0 spiro atoms. The fourth-order valence-corrected chi connectivity index (χ4v) is 7.54. The molecule has 9 nitrogen and oxygen atoms in total. The van der Waals surface area contributed by atoms with Gasteiger partial charge >= 0.3 is 0 Å². The average molecular weight is 658 g/mol. The smallest absolute Gasteiger partial charge is 0.281 e. The number of benzene rings is 2. The van der Waals surface area contributed by atoms with Crippen LogP contribution in [0, 0.1) is 11.6 Å². The molecule has 2 aliphatic carbocycles. The van der Waals surface area contributed by atoms with Crippen LogP contribution in [0.1, 0.15) is 55.7 Å². The Morgan fingerprint density at radius 2 is 1.83 bits per heavy atom. The van der Waals surface area contributed by atoms with E-state index in [1.165, 1.54) is 33.7 Å². The highest BCUT2D eigenvalue weighted by Crippen LogP contribution is 2.51. The Morgan fingerprint density at radius 1 is 1.09 bits per heavy atom. The van der Waals surface area contributed by atoms with E-state index >= 15 is 8.78 Å². The van der Waals surface area contributed by atoms with Gasteiger partial charge in [0, 0.05) is 35.7 Å². The van der Waals surface area contributed by atoms with Crippen molar-refractivity contribution in [2.24, 2.45) is 0 Å². The van der Waals surface area contributed by atoms with Crippen LogP contribution < -0.4 is 15.8 Å². The van der Waals surface area contributed by atoms with E-state index in [1.807, 2.05) is 13.0 Å². The zero-order valence-corrected chi connectivity index (χ0v) is 26.2. The van der Waals surface area contributed by atoms with Gasteiger partial charge in [-0.3, -0.25) is 23.9 Å². The number of phenols is 1. The van der Waals surface area contributed by atoms with Crippen LogP contribution >= 0.6 is 11.6 Å². The standard InChI is InChI=1S/C35H30ClF2N5O4/c1-3-25(45)41-15-23-34(46)40-30-32(42(23)14-16(41)2)20-13-21(36)26(27-22(37)5-4-6-24(27)44)28(38)31(20)43(35(30)47)33-19(17-7-8-17)11-12-39-29(33)18-9-10-18/h3-6,11-13,16-18,23,44H,1,7-10,14-15H2,2H3,(H,40,46)/t16-,23-/m1/s1. The molecule has 4 heterocycles. The van der Waals surface area contributed by atoms with Gasteiger partial charge in [-0.25, -0.2) is 8.78 Å². The number of hydrogen-bond acceptors (Lipinski definition) is 6. The Kier molecular flexibility index (Phi) is 6.70. The van der Waals surface area contributed by atoms with Crippen molar-refractivity contribution < 1.29 is 23.5 Å².